The molecule has 0 radical (unpaired) electrons. The zero-order chi connectivity index (χ0) is 22.6. The molecule has 2 aromatic carbocycles. The van der Waals surface area contributed by atoms with Crippen molar-refractivity contribution >= 4 is 44.9 Å². The van der Waals surface area contributed by atoms with Crippen LogP contribution in [0.1, 0.15) is 22.6 Å². The average Bonchev–Trinajstić information content (AvgIpc) is 3.27. The van der Waals surface area contributed by atoms with E-state index in [4.69, 9.17) is 28.5 Å². The average molecular weight is 479 g/mol. The lowest BCUT2D eigenvalue weighted by Gasteiger charge is -2.35. The minimum absolute atomic E-state index is 0.0494. The van der Waals surface area contributed by atoms with E-state index >= 15 is 0 Å². The lowest BCUT2D eigenvalue weighted by molar-refractivity contribution is -0.120. The lowest BCUT2D eigenvalue weighted by atomic mass is 9.83. The summed E-state index contributed by atoms with van der Waals surface area (Å²) in [5.74, 6) is -2.84. The molecule has 4 rings (SSSR count). The molecule has 0 saturated carbocycles. The van der Waals surface area contributed by atoms with Crippen molar-refractivity contribution in [1.29, 1.82) is 5.26 Å². The zero-order valence-electron chi connectivity index (χ0n) is 15.8. The van der Waals surface area contributed by atoms with Gasteiger partial charge in [0.05, 0.1) is 27.6 Å². The topological polar surface area (TPSA) is 105 Å². The molecule has 1 N–H and O–H groups in total. The molecule has 7 nitrogen and oxygen atoms in total. The number of imidazole rings is 1. The number of halogens is 3. The Bertz CT molecular complexity index is 1340. The number of hydrogen-bond donors (Lipinski definition) is 1. The molecule has 0 bridgehead atoms. The van der Waals surface area contributed by atoms with Crippen LogP contribution in [0.4, 0.5) is 10.3 Å². The Hall–Kier alpha value is -2.93. The molecule has 1 aliphatic rings. The standard InChI is InChI=1S/C20H13Cl2FN4O3S/c1-31(29,30)20(18(28)26-19-25-6-7-27(19)20)16(12-4-2-11(10-24)3-5-12)13-8-14(21)17(23)15(22)9-13/h2-9,16H,1H3,(H,25,26,28)/t16-,20?/m1/s1. The van der Waals surface area contributed by atoms with Crippen molar-refractivity contribution in [1.82, 2.24) is 9.55 Å². The Morgan fingerprint density at radius 1 is 1.19 bits per heavy atom. The molecule has 11 heteroatoms. The number of fused-ring (bicyclic) bond motifs is 1. The van der Waals surface area contributed by atoms with Crippen molar-refractivity contribution < 1.29 is 17.6 Å². The van der Waals surface area contributed by atoms with E-state index < -0.39 is 32.4 Å². The Labute approximate surface area is 187 Å². The third-order valence-corrected chi connectivity index (χ3v) is 7.52. The van der Waals surface area contributed by atoms with Crippen molar-refractivity contribution in [2.75, 3.05) is 11.6 Å². The summed E-state index contributed by atoms with van der Waals surface area (Å²) in [5.41, 5.74) is 0.911. The van der Waals surface area contributed by atoms with Crippen LogP contribution in [-0.2, 0) is 19.5 Å². The lowest BCUT2D eigenvalue weighted by Crippen LogP contribution is -2.51. The first-order valence-electron chi connectivity index (χ1n) is 8.80. The van der Waals surface area contributed by atoms with E-state index in [1.165, 1.54) is 53.4 Å². The fourth-order valence-electron chi connectivity index (χ4n) is 3.93. The maximum absolute atomic E-state index is 14.1. The molecule has 31 heavy (non-hydrogen) atoms. The second-order valence-electron chi connectivity index (χ2n) is 7.01. The fourth-order valence-corrected chi connectivity index (χ4v) is 6.03. The molecule has 158 valence electrons. The molecular weight excluding hydrogens is 466 g/mol. The smallest absolute Gasteiger partial charge is 0.269 e. The summed E-state index contributed by atoms with van der Waals surface area (Å²) < 4.78 is 41.9. The highest BCUT2D eigenvalue weighted by molar-refractivity contribution is 7.92. The van der Waals surface area contributed by atoms with Crippen molar-refractivity contribution in [3.63, 3.8) is 0 Å². The highest BCUT2D eigenvalue weighted by Gasteiger charge is 2.61. The highest BCUT2D eigenvalue weighted by Crippen LogP contribution is 2.49. The Morgan fingerprint density at radius 2 is 1.81 bits per heavy atom. The number of amides is 1. The Morgan fingerprint density at radius 3 is 2.35 bits per heavy atom. The molecule has 0 aliphatic carbocycles. The van der Waals surface area contributed by atoms with Crippen molar-refractivity contribution in [2.24, 2.45) is 0 Å². The number of rotatable bonds is 4. The van der Waals surface area contributed by atoms with E-state index in [0.29, 0.717) is 11.1 Å². The van der Waals surface area contributed by atoms with Crippen LogP contribution in [0.5, 0.6) is 0 Å². The van der Waals surface area contributed by atoms with Gasteiger partial charge in [-0.25, -0.2) is 17.8 Å². The fraction of sp³-hybridized carbons (Fsp3) is 0.150. The second-order valence-corrected chi connectivity index (χ2v) is 9.99. The first-order valence-corrected chi connectivity index (χ1v) is 11.5. The van der Waals surface area contributed by atoms with E-state index in [1.54, 1.807) is 0 Å². The molecular formula is C20H13Cl2FN4O3S. The predicted octanol–water partition coefficient (Wildman–Crippen LogP) is 3.68. The van der Waals surface area contributed by atoms with Gasteiger partial charge in [0, 0.05) is 18.6 Å². The monoisotopic (exact) mass is 478 g/mol. The maximum Gasteiger partial charge on any atom is 0.269 e. The summed E-state index contributed by atoms with van der Waals surface area (Å²) in [7, 11) is -4.18. The number of nitrogens with one attached hydrogen (secondary N) is 1. The molecule has 0 spiro atoms. The van der Waals surface area contributed by atoms with E-state index in [-0.39, 0.29) is 21.6 Å². The van der Waals surface area contributed by atoms with E-state index in [2.05, 4.69) is 10.3 Å². The van der Waals surface area contributed by atoms with Crippen LogP contribution in [0.15, 0.2) is 48.8 Å². The largest absolute Gasteiger partial charge is 0.293 e. The first kappa shape index (κ1) is 21.3. The number of nitrogens with zero attached hydrogens (tertiary/aromatic N) is 3. The SMILES string of the molecule is CS(=O)(=O)C1([C@H](c2ccc(C#N)cc2)c2cc(Cl)c(F)c(Cl)c2)C(=O)Nc2nccn21. The number of carbonyl (C=O) groups is 1. The van der Waals surface area contributed by atoms with Gasteiger partial charge in [0.25, 0.3) is 5.91 Å². The quantitative estimate of drug-likeness (QED) is 0.575. The summed E-state index contributed by atoms with van der Waals surface area (Å²) in [5, 5.41) is 11.0. The van der Waals surface area contributed by atoms with Crippen LogP contribution >= 0.6 is 23.2 Å². The van der Waals surface area contributed by atoms with Crippen LogP contribution in [0, 0.1) is 17.1 Å². The Kier molecular flexibility index (Phi) is 5.04. The number of benzene rings is 2. The number of anilines is 1. The van der Waals surface area contributed by atoms with Gasteiger partial charge in [-0.1, -0.05) is 35.3 Å². The molecule has 2 heterocycles. The van der Waals surface area contributed by atoms with Crippen molar-refractivity contribution in [2.45, 2.75) is 10.8 Å². The van der Waals surface area contributed by atoms with Gasteiger partial charge < -0.3 is 0 Å². The number of aromatic nitrogens is 2. The Balaban J connectivity index is 2.11. The summed E-state index contributed by atoms with van der Waals surface area (Å²) >= 11 is 12.0. The van der Waals surface area contributed by atoms with Gasteiger partial charge in [-0.05, 0) is 35.4 Å². The molecule has 1 aliphatic heterocycles. The van der Waals surface area contributed by atoms with Crippen molar-refractivity contribution in [3.8, 4) is 6.07 Å². The number of nitriles is 1. The van der Waals surface area contributed by atoms with Crippen LogP contribution < -0.4 is 5.32 Å². The van der Waals surface area contributed by atoms with Gasteiger partial charge >= 0.3 is 0 Å². The molecule has 0 saturated heterocycles. The molecule has 2 atom stereocenters. The van der Waals surface area contributed by atoms with Gasteiger partial charge in [0.2, 0.25) is 10.8 Å². The number of carbonyl (C=O) groups excluding carboxylic acids is 1. The summed E-state index contributed by atoms with van der Waals surface area (Å²) in [4.78, 5) is 15.1. The van der Waals surface area contributed by atoms with Gasteiger partial charge in [0.15, 0.2) is 15.7 Å². The molecule has 1 unspecified atom stereocenters. The number of hydrogen-bond acceptors (Lipinski definition) is 5. The second kappa shape index (κ2) is 7.34. The van der Waals surface area contributed by atoms with E-state index in [0.717, 1.165) is 6.26 Å². The van der Waals surface area contributed by atoms with Crippen LogP contribution in [0.3, 0.4) is 0 Å². The zero-order valence-corrected chi connectivity index (χ0v) is 18.1. The molecule has 3 aromatic rings. The minimum Gasteiger partial charge on any atom is -0.293 e. The van der Waals surface area contributed by atoms with Crippen LogP contribution in [0.25, 0.3) is 0 Å². The number of sulfone groups is 1. The summed E-state index contributed by atoms with van der Waals surface area (Å²) in [6.07, 6.45) is 3.66. The normalized spacial score (nSPS) is 18.9. The molecule has 1 aromatic heterocycles. The van der Waals surface area contributed by atoms with E-state index in [9.17, 15) is 17.6 Å². The van der Waals surface area contributed by atoms with Gasteiger partial charge in [-0.3, -0.25) is 14.7 Å². The van der Waals surface area contributed by atoms with E-state index in [1.807, 2.05) is 6.07 Å². The third kappa shape index (κ3) is 3.10. The molecule has 0 fully saturated rings. The highest BCUT2D eigenvalue weighted by atomic mass is 35.5. The first-order chi connectivity index (χ1) is 14.6. The maximum atomic E-state index is 14.1. The third-order valence-electron chi connectivity index (χ3n) is 5.22. The van der Waals surface area contributed by atoms with Crippen LogP contribution in [0.2, 0.25) is 10.0 Å². The van der Waals surface area contributed by atoms with Crippen molar-refractivity contribution in [3.05, 3.63) is 81.3 Å². The minimum atomic E-state index is -4.18. The summed E-state index contributed by atoms with van der Waals surface area (Å²) in [6, 6.07) is 10.5. The predicted molar refractivity (Wildman–Crippen MR) is 113 cm³/mol. The van der Waals surface area contributed by atoms with Gasteiger partial charge in [-0.2, -0.15) is 5.26 Å². The molecule has 1 amide bonds. The van der Waals surface area contributed by atoms with Crippen LogP contribution in [-0.4, -0.2) is 30.1 Å². The van der Waals surface area contributed by atoms with Gasteiger partial charge in [0.1, 0.15) is 0 Å². The summed E-state index contributed by atoms with van der Waals surface area (Å²) in [6.45, 7) is 0. The van der Waals surface area contributed by atoms with Gasteiger partial charge in [-0.15, -0.1) is 0 Å².